The molecule has 10 aromatic carbocycles. The Labute approximate surface area is 478 Å². The highest BCUT2D eigenvalue weighted by Crippen LogP contribution is 2.49. The number of aromatic amines is 1. The molecule has 8 heterocycles. The second-order valence-corrected chi connectivity index (χ2v) is 22.7. The number of benzene rings is 10. The predicted molar refractivity (Wildman–Crippen MR) is 344 cm³/mol. The van der Waals surface area contributed by atoms with Crippen LogP contribution in [0.2, 0.25) is 0 Å². The molecule has 0 aliphatic heterocycles. The normalized spacial score (nSPS) is 11.8. The lowest BCUT2D eigenvalue weighted by Crippen LogP contribution is -2.04. The number of fused-ring (bicyclic) bond motifs is 22. The molecule has 18 aromatic rings. The van der Waals surface area contributed by atoms with Crippen molar-refractivity contribution in [3.63, 3.8) is 0 Å². The molecule has 0 atom stereocenters. The molecule has 8 nitrogen and oxygen atoms in total. The second kappa shape index (κ2) is 19.2. The van der Waals surface area contributed by atoms with Crippen LogP contribution in [0.4, 0.5) is 0 Å². The largest absolute Gasteiger partial charge is 0.354 e. The second-order valence-electron chi connectivity index (χ2n) is 19.9. The predicted octanol–water partition coefficient (Wildman–Crippen LogP) is 19.6. The van der Waals surface area contributed by atoms with Crippen LogP contribution in [-0.4, -0.2) is 39.5 Å². The van der Waals surface area contributed by atoms with Crippen molar-refractivity contribution >= 4 is 166 Å². The molecule has 0 aliphatic rings. The number of nitrogens with one attached hydrogen (secondary N) is 1. The minimum absolute atomic E-state index is 0.558. The van der Waals surface area contributed by atoms with Gasteiger partial charge in [-0.3, -0.25) is 4.57 Å². The third-order valence-electron chi connectivity index (χ3n) is 15.3. The van der Waals surface area contributed by atoms with Crippen LogP contribution in [0.3, 0.4) is 0 Å². The van der Waals surface area contributed by atoms with Crippen molar-refractivity contribution in [2.24, 2.45) is 0 Å². The fourth-order valence-electron chi connectivity index (χ4n) is 11.9. The summed E-state index contributed by atoms with van der Waals surface area (Å²) in [7, 11) is 0. The van der Waals surface area contributed by atoms with Gasteiger partial charge in [0.25, 0.3) is 0 Å². The van der Waals surface area contributed by atoms with Crippen molar-refractivity contribution in [3.05, 3.63) is 248 Å². The van der Waals surface area contributed by atoms with Crippen molar-refractivity contribution in [1.29, 1.82) is 0 Å². The molecule has 11 heteroatoms. The van der Waals surface area contributed by atoms with Crippen LogP contribution in [-0.2, 0) is 0 Å². The molecule has 0 spiro atoms. The Balaban J connectivity index is 0.000000112. The van der Waals surface area contributed by atoms with Gasteiger partial charge in [0, 0.05) is 112 Å². The van der Waals surface area contributed by atoms with Crippen molar-refractivity contribution in [3.8, 4) is 28.5 Å². The van der Waals surface area contributed by atoms with E-state index in [9.17, 15) is 0 Å². The number of rotatable bonds is 3. The van der Waals surface area contributed by atoms with Crippen LogP contribution in [0.25, 0.3) is 156 Å². The van der Waals surface area contributed by atoms with E-state index in [1.54, 1.807) is 12.4 Å². The Kier molecular flexibility index (Phi) is 11.2. The monoisotopic (exact) mass is 1140 g/mol. The molecule has 0 fully saturated rings. The lowest BCUT2D eigenvalue weighted by molar-refractivity contribution is 1.01. The summed E-state index contributed by atoms with van der Waals surface area (Å²) in [6, 6.07) is 80.5. The number of para-hydroxylation sites is 2. The average Bonchev–Trinajstić information content (AvgIpc) is 2.43. The smallest absolute Gasteiger partial charge is 0.237 e. The van der Waals surface area contributed by atoms with Gasteiger partial charge in [-0.1, -0.05) is 182 Å². The summed E-state index contributed by atoms with van der Waals surface area (Å²) in [5, 5.41) is 17.4. The van der Waals surface area contributed by atoms with Gasteiger partial charge in [-0.25, -0.2) is 24.9 Å². The Hall–Kier alpha value is -9.78. The Morgan fingerprint density at radius 1 is 0.358 bits per heavy atom. The van der Waals surface area contributed by atoms with Gasteiger partial charge >= 0.3 is 0 Å². The SMILES string of the molecule is Brc1nc(-c2ccccc2)c2cccnc2n1.c1ccc(-c2nc(-n3c4ccccc4c4c5ccccc5c5sc6ccccc6c5c43)nc3ncccc23)cc1.c1ccc2c(c1)[nH]c1c2c2ccccc2c2sc3ccccc3c12. The molecule has 380 valence electrons. The number of thiophene rings is 2. The molecule has 0 bridgehead atoms. The number of nitrogens with zero attached hydrogens (tertiary/aromatic N) is 7. The van der Waals surface area contributed by atoms with Gasteiger partial charge < -0.3 is 4.98 Å². The summed E-state index contributed by atoms with van der Waals surface area (Å²) in [4.78, 5) is 31.7. The minimum atomic E-state index is 0.558. The minimum Gasteiger partial charge on any atom is -0.354 e. The first-order valence-electron chi connectivity index (χ1n) is 26.6. The van der Waals surface area contributed by atoms with Gasteiger partial charge in [0.05, 0.1) is 27.9 Å². The highest BCUT2D eigenvalue weighted by molar-refractivity contribution is 9.10. The van der Waals surface area contributed by atoms with E-state index in [-0.39, 0.29) is 0 Å². The van der Waals surface area contributed by atoms with Crippen molar-refractivity contribution in [2.75, 3.05) is 0 Å². The van der Waals surface area contributed by atoms with Crippen molar-refractivity contribution < 1.29 is 0 Å². The van der Waals surface area contributed by atoms with E-state index in [1.165, 1.54) is 94.5 Å². The highest BCUT2D eigenvalue weighted by atomic mass is 79.9. The van der Waals surface area contributed by atoms with E-state index in [4.69, 9.17) is 9.97 Å². The van der Waals surface area contributed by atoms with Gasteiger partial charge in [0.2, 0.25) is 5.95 Å². The third kappa shape index (κ3) is 7.68. The first-order valence-corrected chi connectivity index (χ1v) is 29.1. The molecule has 0 saturated heterocycles. The Bertz CT molecular complexity index is 5520. The van der Waals surface area contributed by atoms with Crippen LogP contribution in [0.15, 0.2) is 248 Å². The molecule has 8 aromatic heterocycles. The average molecular weight is 1140 g/mol. The first-order chi connectivity index (χ1) is 40.1. The van der Waals surface area contributed by atoms with E-state index in [0.717, 1.165) is 44.3 Å². The molecule has 0 radical (unpaired) electrons. The van der Waals surface area contributed by atoms with E-state index < -0.39 is 0 Å². The lowest BCUT2D eigenvalue weighted by atomic mass is 10.00. The van der Waals surface area contributed by atoms with Gasteiger partial charge in [-0.05, 0) is 75.2 Å². The Morgan fingerprint density at radius 3 is 1.47 bits per heavy atom. The molecule has 0 unspecified atom stereocenters. The van der Waals surface area contributed by atoms with Crippen LogP contribution in [0.1, 0.15) is 0 Å². The molecule has 0 aliphatic carbocycles. The summed E-state index contributed by atoms with van der Waals surface area (Å²) in [5.74, 6) is 0.628. The van der Waals surface area contributed by atoms with Gasteiger partial charge in [-0.15, -0.1) is 22.7 Å². The number of halogens is 1. The number of H-pyrrole nitrogens is 1. The van der Waals surface area contributed by atoms with Gasteiger partial charge in [-0.2, -0.15) is 4.98 Å². The molecule has 1 N–H and O–H groups in total. The summed E-state index contributed by atoms with van der Waals surface area (Å²) in [6.07, 6.45) is 3.54. The molecule has 0 saturated carbocycles. The van der Waals surface area contributed by atoms with Crippen LogP contribution in [0.5, 0.6) is 0 Å². The lowest BCUT2D eigenvalue weighted by Gasteiger charge is -2.12. The highest BCUT2D eigenvalue weighted by Gasteiger charge is 2.24. The van der Waals surface area contributed by atoms with Crippen molar-refractivity contribution in [1.82, 2.24) is 39.5 Å². The number of pyridine rings is 2. The quantitative estimate of drug-likeness (QED) is 0.177. The molecule has 18 rings (SSSR count). The zero-order valence-corrected chi connectivity index (χ0v) is 46.1. The maximum absolute atomic E-state index is 5.28. The maximum atomic E-state index is 5.28. The van der Waals surface area contributed by atoms with Crippen LogP contribution in [0, 0.1) is 0 Å². The maximum Gasteiger partial charge on any atom is 0.237 e. The summed E-state index contributed by atoms with van der Waals surface area (Å²) < 4.78 is 8.12. The number of hydrogen-bond donors (Lipinski definition) is 1. The standard InChI is InChI=1S/C35H20N4S.C22H13NS.C13H8BrN3/c1-2-11-21(12-3-1)31-26-17-10-20-36-34(26)38-35(37-31)39-27-18-8-6-15-24(27)29-22-13-4-5-14-23(22)33-30(32(29)39)25-16-7-9-19-28(25)40-33;1-2-8-14-13(7-1)19-15-9-3-5-11-17(15)23-21(19)20-16-10-4-6-12-18(16)24-22(14)20;14-13-16-11(9-5-2-1-3-6-9)10-7-4-8-15-12(10)17-13/h1-20H;1-12,23H;1-8H. The van der Waals surface area contributed by atoms with E-state index in [2.05, 4.69) is 209 Å². The zero-order valence-electron chi connectivity index (χ0n) is 42.9. The van der Waals surface area contributed by atoms with E-state index in [0.29, 0.717) is 22.0 Å². The van der Waals surface area contributed by atoms with Crippen LogP contribution < -0.4 is 0 Å². The molecular weight excluding hydrogens is 1100 g/mol. The zero-order chi connectivity index (χ0) is 53.5. The van der Waals surface area contributed by atoms with E-state index >= 15 is 0 Å². The first kappa shape index (κ1) is 47.2. The van der Waals surface area contributed by atoms with Gasteiger partial charge in [0.1, 0.15) is 0 Å². The number of aromatic nitrogens is 8. The van der Waals surface area contributed by atoms with Crippen LogP contribution >= 0.6 is 38.6 Å². The van der Waals surface area contributed by atoms with Gasteiger partial charge in [0.15, 0.2) is 16.0 Å². The van der Waals surface area contributed by atoms with Crippen molar-refractivity contribution in [2.45, 2.75) is 0 Å². The third-order valence-corrected chi connectivity index (χ3v) is 18.1. The number of hydrogen-bond acceptors (Lipinski definition) is 8. The summed E-state index contributed by atoms with van der Waals surface area (Å²) in [6.45, 7) is 0. The fourth-order valence-corrected chi connectivity index (χ4v) is 14.8. The van der Waals surface area contributed by atoms with E-state index in [1.807, 2.05) is 89.4 Å². The summed E-state index contributed by atoms with van der Waals surface area (Å²) >= 11 is 7.07. The molecular formula is C70H41BrN8S2. The fraction of sp³-hybridized carbons (Fsp3) is 0. The molecule has 0 amide bonds. The topological polar surface area (TPSA) is 98.1 Å². The molecule has 81 heavy (non-hydrogen) atoms. The Morgan fingerprint density at radius 2 is 0.827 bits per heavy atom. The summed E-state index contributed by atoms with van der Waals surface area (Å²) in [5.41, 5.74) is 9.97.